The highest BCUT2D eigenvalue weighted by molar-refractivity contribution is 14.0. The summed E-state index contributed by atoms with van der Waals surface area (Å²) in [5, 5.41) is 0. The maximum Gasteiger partial charge on any atom is 0.0787 e. The first-order valence-corrected chi connectivity index (χ1v) is 9.71. The van der Waals surface area contributed by atoms with Gasteiger partial charge in [-0.25, -0.2) is 0 Å². The maximum absolute atomic E-state index is 2.32. The molecule has 0 fully saturated rings. The molecule has 0 amide bonds. The third-order valence-electron chi connectivity index (χ3n) is 5.16. The van der Waals surface area contributed by atoms with E-state index in [-0.39, 0.29) is 30.0 Å². The Morgan fingerprint density at radius 3 is 2.03 bits per heavy atom. The molecule has 3 aromatic rings. The van der Waals surface area contributed by atoms with Crippen molar-refractivity contribution in [2.24, 2.45) is 0 Å². The molecule has 1 aliphatic heterocycles. The fourth-order valence-electron chi connectivity index (χ4n) is 3.69. The Morgan fingerprint density at radius 2 is 1.38 bits per heavy atom. The van der Waals surface area contributed by atoms with Gasteiger partial charge in [-0.3, -0.25) is 0 Å². The van der Waals surface area contributed by atoms with Gasteiger partial charge in [-0.05, 0) is 40.8 Å². The van der Waals surface area contributed by atoms with E-state index in [1.54, 1.807) is 0 Å². The summed E-state index contributed by atoms with van der Waals surface area (Å²) in [7, 11) is 2.16. The van der Waals surface area contributed by atoms with Gasteiger partial charge in [0.25, 0.3) is 0 Å². The molecule has 1 nitrogen and oxygen atoms in total. The van der Waals surface area contributed by atoms with E-state index in [1.165, 1.54) is 33.4 Å². The van der Waals surface area contributed by atoms with Crippen LogP contribution in [-0.4, -0.2) is 11.9 Å². The van der Waals surface area contributed by atoms with Crippen molar-refractivity contribution >= 4 is 35.6 Å². The zero-order chi connectivity index (χ0) is 19.3. The summed E-state index contributed by atoms with van der Waals surface area (Å²) in [4.78, 5) is 2.31. The Morgan fingerprint density at radius 1 is 0.759 bits per heavy atom. The van der Waals surface area contributed by atoms with Gasteiger partial charge in [-0.15, -0.1) is 24.0 Å². The normalized spacial score (nSPS) is 16.2. The zero-order valence-corrected chi connectivity index (χ0v) is 19.2. The van der Waals surface area contributed by atoms with Crippen LogP contribution in [0.2, 0.25) is 0 Å². The lowest BCUT2D eigenvalue weighted by atomic mass is 9.90. The van der Waals surface area contributed by atoms with Gasteiger partial charge in [0.1, 0.15) is 0 Å². The molecule has 0 radical (unpaired) electrons. The molecule has 0 N–H and O–H groups in total. The minimum Gasteiger partial charge on any atom is -0.369 e. The highest BCUT2D eigenvalue weighted by atomic mass is 127. The molecule has 1 aliphatic rings. The topological polar surface area (TPSA) is 3.24 Å². The zero-order valence-electron chi connectivity index (χ0n) is 16.8. The molecular formula is C27H26IN. The predicted molar refractivity (Wildman–Crippen MR) is 135 cm³/mol. The van der Waals surface area contributed by atoms with Gasteiger partial charge in [0.2, 0.25) is 0 Å². The standard InChI is InChI=1S/C27H25N.HI/c1-21-13-15-22(16-14-21)17-18-25-19-26(23-9-5-3-6-10-23)20-28(2)27(25)24-11-7-4-8-12-24;/h3-20,27H,1-2H3;1H/b18-17+;. The monoisotopic (exact) mass is 491 g/mol. The molecule has 0 saturated heterocycles. The van der Waals surface area contributed by atoms with Crippen LogP contribution in [0.5, 0.6) is 0 Å². The predicted octanol–water partition coefficient (Wildman–Crippen LogP) is 7.28. The summed E-state index contributed by atoms with van der Waals surface area (Å²) >= 11 is 0. The Kier molecular flexibility index (Phi) is 7.10. The summed E-state index contributed by atoms with van der Waals surface area (Å²) in [6, 6.07) is 30.1. The fourth-order valence-corrected chi connectivity index (χ4v) is 3.69. The Hall–Kier alpha value is -2.59. The van der Waals surface area contributed by atoms with Gasteiger partial charge >= 0.3 is 0 Å². The molecule has 0 spiro atoms. The molecule has 3 aromatic carbocycles. The van der Waals surface area contributed by atoms with Crippen LogP contribution in [0.4, 0.5) is 0 Å². The highest BCUT2D eigenvalue weighted by Gasteiger charge is 2.22. The van der Waals surface area contributed by atoms with Gasteiger partial charge < -0.3 is 4.90 Å². The molecule has 0 aromatic heterocycles. The fraction of sp³-hybridized carbons (Fsp3) is 0.111. The smallest absolute Gasteiger partial charge is 0.0787 e. The van der Waals surface area contributed by atoms with E-state index in [2.05, 4.69) is 128 Å². The van der Waals surface area contributed by atoms with Crippen LogP contribution >= 0.6 is 24.0 Å². The lowest BCUT2D eigenvalue weighted by Gasteiger charge is -2.33. The molecule has 2 heteroatoms. The molecular weight excluding hydrogens is 465 g/mol. The summed E-state index contributed by atoms with van der Waals surface area (Å²) in [5.41, 5.74) is 7.56. The van der Waals surface area contributed by atoms with Crippen LogP contribution in [0, 0.1) is 6.92 Å². The number of hydrogen-bond donors (Lipinski definition) is 0. The summed E-state index contributed by atoms with van der Waals surface area (Å²) in [6.45, 7) is 2.12. The number of hydrogen-bond acceptors (Lipinski definition) is 1. The van der Waals surface area contributed by atoms with Crippen LogP contribution < -0.4 is 0 Å². The maximum atomic E-state index is 2.32. The lowest BCUT2D eigenvalue weighted by Crippen LogP contribution is -2.23. The second-order valence-electron chi connectivity index (χ2n) is 7.32. The van der Waals surface area contributed by atoms with Crippen LogP contribution in [0.15, 0.2) is 109 Å². The SMILES string of the molecule is Cc1ccc(/C=C/C2=CC(c3ccccc3)=CN(C)C2c2ccccc2)cc1.I. The van der Waals surface area contributed by atoms with E-state index in [4.69, 9.17) is 0 Å². The molecule has 146 valence electrons. The van der Waals surface area contributed by atoms with Gasteiger partial charge in [-0.2, -0.15) is 0 Å². The van der Waals surface area contributed by atoms with Gasteiger partial charge in [0.15, 0.2) is 0 Å². The van der Waals surface area contributed by atoms with Crippen LogP contribution in [0.1, 0.15) is 28.3 Å². The first kappa shape index (κ1) is 21.1. The second kappa shape index (κ2) is 9.75. The quantitative estimate of drug-likeness (QED) is 0.347. The van der Waals surface area contributed by atoms with Crippen molar-refractivity contribution in [2.75, 3.05) is 7.05 Å². The average molecular weight is 491 g/mol. The minimum atomic E-state index is 0. The first-order valence-electron chi connectivity index (χ1n) is 9.71. The number of nitrogens with zero attached hydrogens (tertiary/aromatic N) is 1. The van der Waals surface area contributed by atoms with Crippen molar-refractivity contribution in [1.82, 2.24) is 4.90 Å². The van der Waals surface area contributed by atoms with E-state index < -0.39 is 0 Å². The Balaban J connectivity index is 0.00000240. The van der Waals surface area contributed by atoms with Crippen molar-refractivity contribution in [1.29, 1.82) is 0 Å². The van der Waals surface area contributed by atoms with Crippen LogP contribution in [0.3, 0.4) is 0 Å². The van der Waals surface area contributed by atoms with Crippen molar-refractivity contribution in [2.45, 2.75) is 13.0 Å². The minimum absolute atomic E-state index is 0. The molecule has 1 atom stereocenters. The summed E-state index contributed by atoms with van der Waals surface area (Å²) in [5.74, 6) is 0. The number of benzene rings is 3. The van der Waals surface area contributed by atoms with Crippen molar-refractivity contribution in [3.8, 4) is 0 Å². The molecule has 1 unspecified atom stereocenters. The number of likely N-dealkylation sites (N-methyl/N-ethyl adjacent to an activating group) is 1. The number of allylic oxidation sites excluding steroid dienone is 2. The molecule has 4 rings (SSSR count). The van der Waals surface area contributed by atoms with E-state index in [0.29, 0.717) is 0 Å². The molecule has 0 aliphatic carbocycles. The van der Waals surface area contributed by atoms with Crippen molar-refractivity contribution in [3.05, 3.63) is 131 Å². The van der Waals surface area contributed by atoms with E-state index >= 15 is 0 Å². The number of aryl methyl sites for hydroxylation is 1. The van der Waals surface area contributed by atoms with E-state index in [1.807, 2.05) is 0 Å². The van der Waals surface area contributed by atoms with Crippen LogP contribution in [-0.2, 0) is 0 Å². The third-order valence-corrected chi connectivity index (χ3v) is 5.16. The Labute approximate surface area is 191 Å². The average Bonchev–Trinajstić information content (AvgIpc) is 2.74. The highest BCUT2D eigenvalue weighted by Crippen LogP contribution is 2.36. The summed E-state index contributed by atoms with van der Waals surface area (Å²) in [6.07, 6.45) is 9.03. The molecule has 1 heterocycles. The van der Waals surface area contributed by atoms with E-state index in [0.717, 1.165) is 0 Å². The first-order chi connectivity index (χ1) is 13.7. The number of rotatable bonds is 4. The van der Waals surface area contributed by atoms with Gasteiger partial charge in [0.05, 0.1) is 6.04 Å². The van der Waals surface area contributed by atoms with E-state index in [9.17, 15) is 0 Å². The third kappa shape index (κ3) is 5.07. The lowest BCUT2D eigenvalue weighted by molar-refractivity contribution is 0.381. The largest absolute Gasteiger partial charge is 0.369 e. The van der Waals surface area contributed by atoms with Gasteiger partial charge in [-0.1, -0.05) is 103 Å². The van der Waals surface area contributed by atoms with Gasteiger partial charge in [0, 0.05) is 13.2 Å². The second-order valence-corrected chi connectivity index (χ2v) is 7.32. The van der Waals surface area contributed by atoms with Crippen LogP contribution in [0.25, 0.3) is 11.6 Å². The van der Waals surface area contributed by atoms with Crippen molar-refractivity contribution in [3.63, 3.8) is 0 Å². The molecule has 0 bridgehead atoms. The Bertz CT molecular complexity index is 1020. The number of halogens is 1. The molecule has 29 heavy (non-hydrogen) atoms. The van der Waals surface area contributed by atoms with Crippen molar-refractivity contribution < 1.29 is 0 Å². The summed E-state index contributed by atoms with van der Waals surface area (Å²) < 4.78 is 0. The molecule has 0 saturated carbocycles.